The van der Waals surface area contributed by atoms with Crippen molar-refractivity contribution in [2.75, 3.05) is 5.75 Å². The fourth-order valence-corrected chi connectivity index (χ4v) is 2.13. The summed E-state index contributed by atoms with van der Waals surface area (Å²) in [5.41, 5.74) is 8.10. The summed E-state index contributed by atoms with van der Waals surface area (Å²) < 4.78 is 5.21. The normalized spacial score (nSPS) is 10.5. The van der Waals surface area contributed by atoms with Gasteiger partial charge in [0.25, 0.3) is 0 Å². The molecule has 0 aliphatic heterocycles. The third-order valence-corrected chi connectivity index (χ3v) is 3.37. The van der Waals surface area contributed by atoms with Crippen LogP contribution in [0.2, 0.25) is 0 Å². The van der Waals surface area contributed by atoms with Crippen LogP contribution in [0.25, 0.3) is 11.3 Å². The third kappa shape index (κ3) is 3.37. The Morgan fingerprint density at radius 2 is 2.11 bits per heavy atom. The molecule has 18 heavy (non-hydrogen) atoms. The van der Waals surface area contributed by atoms with Crippen LogP contribution in [-0.4, -0.2) is 16.8 Å². The van der Waals surface area contributed by atoms with Crippen LogP contribution >= 0.6 is 11.8 Å². The summed E-state index contributed by atoms with van der Waals surface area (Å²) in [6, 6.07) is 9.97. The molecule has 0 aliphatic rings. The number of amides is 1. The van der Waals surface area contributed by atoms with Gasteiger partial charge >= 0.3 is 0 Å². The summed E-state index contributed by atoms with van der Waals surface area (Å²) in [6.07, 6.45) is 0. The third-order valence-electron chi connectivity index (χ3n) is 2.39. The van der Waals surface area contributed by atoms with Gasteiger partial charge in [0.1, 0.15) is 11.5 Å². The Balaban J connectivity index is 2.01. The van der Waals surface area contributed by atoms with Crippen LogP contribution in [0.15, 0.2) is 34.9 Å². The van der Waals surface area contributed by atoms with Gasteiger partial charge in [-0.1, -0.05) is 35.0 Å². The Labute approximate surface area is 110 Å². The van der Waals surface area contributed by atoms with E-state index in [4.69, 9.17) is 10.3 Å². The molecule has 1 aromatic carbocycles. The number of hydrogen-bond donors (Lipinski definition) is 1. The molecule has 4 nitrogen and oxygen atoms in total. The standard InChI is InChI=1S/C13H14N2O2S/c1-9-2-4-10(5-3-9)12-6-11(17-15-12)7-18-8-13(14)16/h2-6H,7-8H2,1H3,(H2,14,16). The van der Waals surface area contributed by atoms with Gasteiger partial charge in [-0.05, 0) is 6.92 Å². The number of rotatable bonds is 5. The number of hydrogen-bond acceptors (Lipinski definition) is 4. The maximum Gasteiger partial charge on any atom is 0.227 e. The molecule has 1 heterocycles. The van der Waals surface area contributed by atoms with Crippen molar-refractivity contribution in [1.29, 1.82) is 0 Å². The van der Waals surface area contributed by atoms with Crippen LogP contribution in [0.4, 0.5) is 0 Å². The van der Waals surface area contributed by atoms with Crippen LogP contribution in [0.5, 0.6) is 0 Å². The van der Waals surface area contributed by atoms with E-state index in [1.54, 1.807) is 0 Å². The first-order chi connectivity index (χ1) is 8.65. The summed E-state index contributed by atoms with van der Waals surface area (Å²) in [7, 11) is 0. The van der Waals surface area contributed by atoms with Crippen LogP contribution < -0.4 is 5.73 Å². The average molecular weight is 262 g/mol. The van der Waals surface area contributed by atoms with Gasteiger partial charge in [-0.25, -0.2) is 0 Å². The Hall–Kier alpha value is -1.75. The lowest BCUT2D eigenvalue weighted by Crippen LogP contribution is -2.13. The summed E-state index contributed by atoms with van der Waals surface area (Å²) in [4.78, 5) is 10.6. The SMILES string of the molecule is Cc1ccc(-c2cc(CSCC(N)=O)on2)cc1. The molecule has 0 atom stereocenters. The van der Waals surface area contributed by atoms with Gasteiger partial charge < -0.3 is 10.3 Å². The number of aromatic nitrogens is 1. The molecular weight excluding hydrogens is 248 g/mol. The number of nitrogens with zero attached hydrogens (tertiary/aromatic N) is 1. The molecule has 0 bridgehead atoms. The van der Waals surface area contributed by atoms with Crippen molar-refractivity contribution in [3.05, 3.63) is 41.7 Å². The second-order valence-corrected chi connectivity index (χ2v) is 4.99. The molecule has 94 valence electrons. The Morgan fingerprint density at radius 1 is 1.39 bits per heavy atom. The van der Waals surface area contributed by atoms with Crippen molar-refractivity contribution >= 4 is 17.7 Å². The van der Waals surface area contributed by atoms with Gasteiger partial charge in [-0.15, -0.1) is 11.8 Å². The molecule has 2 aromatic rings. The Bertz CT molecular complexity index is 534. The van der Waals surface area contributed by atoms with Crippen molar-refractivity contribution in [2.45, 2.75) is 12.7 Å². The molecule has 2 rings (SSSR count). The molecular formula is C13H14N2O2S. The molecule has 5 heteroatoms. The smallest absolute Gasteiger partial charge is 0.227 e. The number of carbonyl (C=O) groups is 1. The zero-order valence-electron chi connectivity index (χ0n) is 10.1. The lowest BCUT2D eigenvalue weighted by molar-refractivity contribution is -0.115. The van der Waals surface area contributed by atoms with Crippen molar-refractivity contribution in [2.24, 2.45) is 5.73 Å². The highest BCUT2D eigenvalue weighted by atomic mass is 32.2. The zero-order valence-corrected chi connectivity index (χ0v) is 10.9. The number of aryl methyl sites for hydroxylation is 1. The first-order valence-electron chi connectivity index (χ1n) is 5.54. The van der Waals surface area contributed by atoms with Crippen molar-refractivity contribution in [3.8, 4) is 11.3 Å². The van der Waals surface area contributed by atoms with E-state index in [1.807, 2.05) is 37.3 Å². The van der Waals surface area contributed by atoms with E-state index in [0.29, 0.717) is 11.5 Å². The highest BCUT2D eigenvalue weighted by molar-refractivity contribution is 7.99. The summed E-state index contributed by atoms with van der Waals surface area (Å²) in [5.74, 6) is 1.32. The van der Waals surface area contributed by atoms with E-state index < -0.39 is 0 Å². The van der Waals surface area contributed by atoms with Crippen LogP contribution in [0.3, 0.4) is 0 Å². The minimum atomic E-state index is -0.321. The highest BCUT2D eigenvalue weighted by Crippen LogP contribution is 2.21. The van der Waals surface area contributed by atoms with Crippen LogP contribution in [0.1, 0.15) is 11.3 Å². The van der Waals surface area contributed by atoms with E-state index in [0.717, 1.165) is 17.0 Å². The molecule has 1 aromatic heterocycles. The van der Waals surface area contributed by atoms with Crippen molar-refractivity contribution < 1.29 is 9.32 Å². The minimum Gasteiger partial charge on any atom is -0.369 e. The quantitative estimate of drug-likeness (QED) is 0.898. The molecule has 2 N–H and O–H groups in total. The highest BCUT2D eigenvalue weighted by Gasteiger charge is 2.07. The summed E-state index contributed by atoms with van der Waals surface area (Å²) in [6.45, 7) is 2.04. The van der Waals surface area contributed by atoms with Gasteiger partial charge in [0.2, 0.25) is 5.91 Å². The first kappa shape index (κ1) is 12.7. The molecule has 0 spiro atoms. The summed E-state index contributed by atoms with van der Waals surface area (Å²) >= 11 is 1.42. The second kappa shape index (κ2) is 5.73. The van der Waals surface area contributed by atoms with Crippen molar-refractivity contribution in [1.82, 2.24) is 5.16 Å². The predicted molar refractivity (Wildman–Crippen MR) is 72.0 cm³/mol. The van der Waals surface area contributed by atoms with Crippen LogP contribution in [-0.2, 0) is 10.5 Å². The number of nitrogens with two attached hydrogens (primary N) is 1. The van der Waals surface area contributed by atoms with E-state index >= 15 is 0 Å². The van der Waals surface area contributed by atoms with E-state index in [1.165, 1.54) is 17.3 Å². The van der Waals surface area contributed by atoms with Gasteiger partial charge in [-0.2, -0.15) is 0 Å². The number of carbonyl (C=O) groups excluding carboxylic acids is 1. The topological polar surface area (TPSA) is 69.1 Å². The molecule has 0 aliphatic carbocycles. The first-order valence-corrected chi connectivity index (χ1v) is 6.69. The Morgan fingerprint density at radius 3 is 2.78 bits per heavy atom. The van der Waals surface area contributed by atoms with Gasteiger partial charge in [0.05, 0.1) is 11.5 Å². The molecule has 0 unspecified atom stereocenters. The Kier molecular flexibility index (Phi) is 4.04. The van der Waals surface area contributed by atoms with Crippen molar-refractivity contribution in [3.63, 3.8) is 0 Å². The molecule has 1 amide bonds. The fourth-order valence-electron chi connectivity index (χ4n) is 1.49. The monoisotopic (exact) mass is 262 g/mol. The fraction of sp³-hybridized carbons (Fsp3) is 0.231. The van der Waals surface area contributed by atoms with E-state index in [2.05, 4.69) is 5.16 Å². The molecule has 0 saturated heterocycles. The van der Waals surface area contributed by atoms with Gasteiger partial charge in [-0.3, -0.25) is 4.79 Å². The second-order valence-electron chi connectivity index (χ2n) is 4.00. The predicted octanol–water partition coefficient (Wildman–Crippen LogP) is 2.37. The number of benzene rings is 1. The largest absolute Gasteiger partial charge is 0.369 e. The lowest BCUT2D eigenvalue weighted by atomic mass is 10.1. The maximum absolute atomic E-state index is 10.6. The maximum atomic E-state index is 10.6. The molecule has 0 radical (unpaired) electrons. The van der Waals surface area contributed by atoms with Gasteiger partial charge in [0.15, 0.2) is 0 Å². The molecule has 0 fully saturated rings. The van der Waals surface area contributed by atoms with Gasteiger partial charge in [0, 0.05) is 11.6 Å². The van der Waals surface area contributed by atoms with E-state index in [9.17, 15) is 4.79 Å². The number of thioether (sulfide) groups is 1. The van der Waals surface area contributed by atoms with E-state index in [-0.39, 0.29) is 5.91 Å². The molecule has 0 saturated carbocycles. The minimum absolute atomic E-state index is 0.292. The lowest BCUT2D eigenvalue weighted by Gasteiger charge is -1.95. The van der Waals surface area contributed by atoms with Crippen LogP contribution in [0, 0.1) is 6.92 Å². The summed E-state index contributed by atoms with van der Waals surface area (Å²) in [5, 5.41) is 4.01. The average Bonchev–Trinajstić information content (AvgIpc) is 2.78. The zero-order chi connectivity index (χ0) is 13.0. The number of primary amides is 1.